The maximum Gasteiger partial charge on any atom is 0.256 e. The van der Waals surface area contributed by atoms with E-state index in [1.807, 2.05) is 24.3 Å². The number of rotatable bonds is 3. The van der Waals surface area contributed by atoms with Crippen molar-refractivity contribution in [1.29, 1.82) is 0 Å². The first-order valence-electron chi connectivity index (χ1n) is 7.54. The van der Waals surface area contributed by atoms with Crippen LogP contribution in [0.15, 0.2) is 48.5 Å². The fraction of sp³-hybridized carbons (Fsp3) is 0.0556. The summed E-state index contributed by atoms with van der Waals surface area (Å²) in [6.45, 7) is 0. The van der Waals surface area contributed by atoms with Gasteiger partial charge in [0.1, 0.15) is 5.75 Å². The fourth-order valence-corrected chi connectivity index (χ4v) is 2.80. The molecule has 0 unspecified atom stereocenters. The average Bonchev–Trinajstić information content (AvgIpc) is 3.01. The Kier molecular flexibility index (Phi) is 3.74. The number of H-pyrrole nitrogens is 1. The summed E-state index contributed by atoms with van der Waals surface area (Å²) in [4.78, 5) is 16.9. The van der Waals surface area contributed by atoms with Gasteiger partial charge in [-0.1, -0.05) is 17.7 Å². The van der Waals surface area contributed by atoms with Gasteiger partial charge in [-0.05, 0) is 36.4 Å². The Bertz CT molecular complexity index is 1110. The van der Waals surface area contributed by atoms with Crippen LogP contribution in [0.2, 0.25) is 5.02 Å². The number of benzene rings is 2. The molecule has 0 fully saturated rings. The van der Waals surface area contributed by atoms with Crippen molar-refractivity contribution in [2.24, 2.45) is 0 Å². The predicted molar refractivity (Wildman–Crippen MR) is 97.4 cm³/mol. The second-order valence-electron chi connectivity index (χ2n) is 5.48. The van der Waals surface area contributed by atoms with Gasteiger partial charge in [0.05, 0.1) is 18.0 Å². The summed E-state index contributed by atoms with van der Waals surface area (Å²) in [5.74, 6) is 0.865. The second kappa shape index (κ2) is 6.07. The molecule has 0 aliphatic carbocycles. The summed E-state index contributed by atoms with van der Waals surface area (Å²) >= 11 is 5.93. The second-order valence-corrected chi connectivity index (χ2v) is 5.92. The SMILES string of the molecule is COc1ccc2cc3c(NC(=O)c4cccc(Cl)c4)n[nH]c3nc2c1. The number of anilines is 1. The molecule has 6 nitrogen and oxygen atoms in total. The normalized spacial score (nSPS) is 11.0. The zero-order valence-electron chi connectivity index (χ0n) is 13.2. The molecule has 0 saturated heterocycles. The first-order valence-corrected chi connectivity index (χ1v) is 7.91. The van der Waals surface area contributed by atoms with E-state index < -0.39 is 0 Å². The number of halogens is 1. The Morgan fingerprint density at radius 1 is 1.20 bits per heavy atom. The van der Waals surface area contributed by atoms with Crippen molar-refractivity contribution in [2.75, 3.05) is 12.4 Å². The molecule has 2 heterocycles. The number of hydrogen-bond donors (Lipinski definition) is 2. The number of amides is 1. The van der Waals surface area contributed by atoms with E-state index in [9.17, 15) is 4.79 Å². The molecule has 0 radical (unpaired) electrons. The monoisotopic (exact) mass is 352 g/mol. The topological polar surface area (TPSA) is 79.9 Å². The van der Waals surface area contributed by atoms with E-state index in [0.29, 0.717) is 22.1 Å². The van der Waals surface area contributed by atoms with Gasteiger partial charge in [-0.15, -0.1) is 0 Å². The van der Waals surface area contributed by atoms with E-state index in [2.05, 4.69) is 20.5 Å². The van der Waals surface area contributed by atoms with Crippen molar-refractivity contribution in [3.63, 3.8) is 0 Å². The van der Waals surface area contributed by atoms with Crippen LogP contribution in [0.1, 0.15) is 10.4 Å². The van der Waals surface area contributed by atoms with Crippen molar-refractivity contribution < 1.29 is 9.53 Å². The minimum Gasteiger partial charge on any atom is -0.497 e. The van der Waals surface area contributed by atoms with Crippen LogP contribution >= 0.6 is 11.6 Å². The lowest BCUT2D eigenvalue weighted by atomic mass is 10.1. The van der Waals surface area contributed by atoms with Crippen LogP contribution in [0.5, 0.6) is 5.75 Å². The highest BCUT2D eigenvalue weighted by molar-refractivity contribution is 6.31. The van der Waals surface area contributed by atoms with E-state index in [1.54, 1.807) is 31.4 Å². The molecule has 2 N–H and O–H groups in total. The predicted octanol–water partition coefficient (Wildman–Crippen LogP) is 4.03. The summed E-state index contributed by atoms with van der Waals surface area (Å²) in [5.41, 5.74) is 1.83. The van der Waals surface area contributed by atoms with Gasteiger partial charge >= 0.3 is 0 Å². The lowest BCUT2D eigenvalue weighted by Gasteiger charge is -2.04. The summed E-state index contributed by atoms with van der Waals surface area (Å²) in [6, 6.07) is 14.3. The number of fused-ring (bicyclic) bond motifs is 2. The number of methoxy groups -OCH3 is 1. The number of nitrogens with one attached hydrogen (secondary N) is 2. The average molecular weight is 353 g/mol. The molecule has 1 amide bonds. The van der Waals surface area contributed by atoms with Crippen molar-refractivity contribution in [3.05, 3.63) is 59.1 Å². The Hall–Kier alpha value is -3.12. The molecule has 0 spiro atoms. The maximum atomic E-state index is 12.4. The highest BCUT2D eigenvalue weighted by Gasteiger charge is 2.13. The van der Waals surface area contributed by atoms with E-state index in [4.69, 9.17) is 16.3 Å². The molecule has 0 bridgehead atoms. The first kappa shape index (κ1) is 15.4. The smallest absolute Gasteiger partial charge is 0.256 e. The van der Waals surface area contributed by atoms with Crippen LogP contribution in [0, 0.1) is 0 Å². The maximum absolute atomic E-state index is 12.4. The summed E-state index contributed by atoms with van der Waals surface area (Å²) in [7, 11) is 1.61. The summed E-state index contributed by atoms with van der Waals surface area (Å²) in [5, 5.41) is 12.0. The van der Waals surface area contributed by atoms with E-state index in [-0.39, 0.29) is 5.91 Å². The number of pyridine rings is 1. The molecule has 7 heteroatoms. The summed E-state index contributed by atoms with van der Waals surface area (Å²) in [6.07, 6.45) is 0. The number of ether oxygens (including phenoxy) is 1. The third kappa shape index (κ3) is 2.88. The Morgan fingerprint density at radius 2 is 2.08 bits per heavy atom. The van der Waals surface area contributed by atoms with Gasteiger partial charge in [-0.25, -0.2) is 4.98 Å². The largest absolute Gasteiger partial charge is 0.497 e. The molecular formula is C18H13ClN4O2. The number of nitrogens with zero attached hydrogens (tertiary/aromatic N) is 2. The van der Waals surface area contributed by atoms with Gasteiger partial charge in [-0.3, -0.25) is 9.89 Å². The number of aromatic amines is 1. The standard InChI is InChI=1S/C18H13ClN4O2/c1-25-13-6-5-10-8-14-16(20-15(10)9-13)22-23-17(14)21-18(24)11-3-2-4-12(19)7-11/h2-9H,1H3,(H2,20,21,22,23,24). The van der Waals surface area contributed by atoms with Gasteiger partial charge in [0.15, 0.2) is 11.5 Å². The highest BCUT2D eigenvalue weighted by Crippen LogP contribution is 2.26. The van der Waals surface area contributed by atoms with Crippen LogP contribution in [0.3, 0.4) is 0 Å². The minimum absolute atomic E-state index is 0.286. The fourth-order valence-electron chi connectivity index (χ4n) is 2.61. The van der Waals surface area contributed by atoms with Crippen molar-refractivity contribution in [3.8, 4) is 5.75 Å². The molecule has 0 saturated carbocycles. The number of hydrogen-bond acceptors (Lipinski definition) is 4. The lowest BCUT2D eigenvalue weighted by Crippen LogP contribution is -2.12. The van der Waals surface area contributed by atoms with Crippen LogP contribution in [0.25, 0.3) is 21.9 Å². The van der Waals surface area contributed by atoms with Crippen molar-refractivity contribution >= 4 is 45.3 Å². The molecule has 0 aliphatic rings. The number of carbonyl (C=O) groups excluding carboxylic acids is 1. The Labute approximate surface area is 147 Å². The molecule has 2 aromatic carbocycles. The van der Waals surface area contributed by atoms with Gasteiger partial charge in [0.2, 0.25) is 0 Å². The molecule has 124 valence electrons. The third-order valence-electron chi connectivity index (χ3n) is 3.87. The van der Waals surface area contributed by atoms with Gasteiger partial charge in [-0.2, -0.15) is 5.10 Å². The molecule has 0 aliphatic heterocycles. The van der Waals surface area contributed by atoms with Crippen LogP contribution in [0.4, 0.5) is 5.82 Å². The Morgan fingerprint density at radius 3 is 2.88 bits per heavy atom. The van der Waals surface area contributed by atoms with Crippen LogP contribution in [-0.2, 0) is 0 Å². The Balaban J connectivity index is 1.73. The minimum atomic E-state index is -0.286. The third-order valence-corrected chi connectivity index (χ3v) is 4.11. The van der Waals surface area contributed by atoms with E-state index >= 15 is 0 Å². The van der Waals surface area contributed by atoms with E-state index in [0.717, 1.165) is 22.0 Å². The van der Waals surface area contributed by atoms with Crippen molar-refractivity contribution in [2.45, 2.75) is 0 Å². The molecule has 0 atom stereocenters. The molecular weight excluding hydrogens is 340 g/mol. The highest BCUT2D eigenvalue weighted by atomic mass is 35.5. The molecule has 2 aromatic heterocycles. The number of carbonyl (C=O) groups is 1. The molecule has 4 aromatic rings. The summed E-state index contributed by atoms with van der Waals surface area (Å²) < 4.78 is 5.22. The van der Waals surface area contributed by atoms with Gasteiger partial charge < -0.3 is 10.1 Å². The van der Waals surface area contributed by atoms with Gasteiger partial charge in [0.25, 0.3) is 5.91 Å². The number of aromatic nitrogens is 3. The first-order chi connectivity index (χ1) is 12.1. The zero-order valence-corrected chi connectivity index (χ0v) is 14.0. The van der Waals surface area contributed by atoms with Crippen molar-refractivity contribution in [1.82, 2.24) is 15.2 Å². The lowest BCUT2D eigenvalue weighted by molar-refractivity contribution is 0.102. The molecule has 25 heavy (non-hydrogen) atoms. The van der Waals surface area contributed by atoms with Crippen LogP contribution in [-0.4, -0.2) is 28.2 Å². The molecule has 4 rings (SSSR count). The van der Waals surface area contributed by atoms with Crippen LogP contribution < -0.4 is 10.1 Å². The van der Waals surface area contributed by atoms with E-state index in [1.165, 1.54) is 0 Å². The zero-order chi connectivity index (χ0) is 17.4. The van der Waals surface area contributed by atoms with Gasteiger partial charge in [0, 0.05) is 22.0 Å². The quantitative estimate of drug-likeness (QED) is 0.583.